The summed E-state index contributed by atoms with van der Waals surface area (Å²) in [7, 11) is 0. The molecule has 0 aromatic rings. The van der Waals surface area contributed by atoms with Crippen LogP contribution in [0.25, 0.3) is 0 Å². The first-order valence-electron chi connectivity index (χ1n) is 4.17. The summed E-state index contributed by atoms with van der Waals surface area (Å²) in [5, 5.41) is 0. The van der Waals surface area contributed by atoms with E-state index in [1.807, 2.05) is 0 Å². The van der Waals surface area contributed by atoms with E-state index in [4.69, 9.17) is 4.74 Å². The fraction of sp³-hybridized carbons (Fsp3) is 0.750. The molecular weight excluding hydrogens is 190 g/mol. The highest BCUT2D eigenvalue weighted by atomic mass is 16.8. The van der Waals surface area contributed by atoms with Crippen molar-refractivity contribution >= 4 is 12.2 Å². The van der Waals surface area contributed by atoms with Gasteiger partial charge in [-0.1, -0.05) is 0 Å². The molecule has 0 saturated heterocycles. The fourth-order valence-electron chi connectivity index (χ4n) is 0.530. The normalized spacial score (nSPS) is 10.3. The first-order chi connectivity index (χ1) is 6.35. The molecule has 0 aliphatic heterocycles. The summed E-state index contributed by atoms with van der Waals surface area (Å²) >= 11 is 0. The molecule has 6 heteroatoms. The fourth-order valence-corrected chi connectivity index (χ4v) is 0.530. The van der Waals surface area contributed by atoms with Crippen molar-refractivity contribution in [3.05, 3.63) is 0 Å². The highest BCUT2D eigenvalue weighted by molar-refractivity contribution is 5.69. The predicted molar refractivity (Wildman–Crippen MR) is 47.5 cm³/mol. The minimum atomic E-state index is -0.974. The number of ether oxygens (including phenoxy) is 2. The largest absolute Gasteiger partial charge is 0.533 e. The van der Waals surface area contributed by atoms with Crippen LogP contribution in [0.2, 0.25) is 0 Å². The van der Waals surface area contributed by atoms with Crippen LogP contribution in [0.3, 0.4) is 0 Å². The van der Waals surface area contributed by atoms with Gasteiger partial charge in [0.05, 0.1) is 6.61 Å². The van der Waals surface area contributed by atoms with E-state index in [1.54, 1.807) is 33.2 Å². The van der Waals surface area contributed by atoms with Crippen molar-refractivity contribution in [2.24, 2.45) is 0 Å². The van der Waals surface area contributed by atoms with E-state index in [2.05, 4.69) is 9.57 Å². The molecule has 0 spiro atoms. The monoisotopic (exact) mass is 205 g/mol. The van der Waals surface area contributed by atoms with E-state index in [0.29, 0.717) is 0 Å². The molecule has 0 aromatic heterocycles. The minimum absolute atomic E-state index is 0.175. The van der Waals surface area contributed by atoms with Gasteiger partial charge in [-0.3, -0.25) is 0 Å². The first kappa shape index (κ1) is 12.5. The molecule has 14 heavy (non-hydrogen) atoms. The number of carbonyl (C=O) groups is 2. The number of hydrogen-bond acceptors (Lipinski definition) is 5. The standard InChI is InChI=1S/C8H15NO5/c1-5-12-7(11)14-9-6(10)13-8(2,3)4/h5H2,1-4H3,(H,9,10). The highest BCUT2D eigenvalue weighted by Crippen LogP contribution is 2.06. The number of amides is 1. The molecule has 6 nitrogen and oxygen atoms in total. The Kier molecular flexibility index (Phi) is 4.76. The molecule has 82 valence electrons. The minimum Gasteiger partial charge on any atom is -0.442 e. The molecule has 1 N–H and O–H groups in total. The van der Waals surface area contributed by atoms with Crippen LogP contribution in [0.15, 0.2) is 0 Å². The summed E-state index contributed by atoms with van der Waals surface area (Å²) < 4.78 is 9.17. The van der Waals surface area contributed by atoms with Gasteiger partial charge in [-0.05, 0) is 27.7 Å². The van der Waals surface area contributed by atoms with E-state index in [1.165, 1.54) is 0 Å². The Morgan fingerprint density at radius 1 is 1.29 bits per heavy atom. The molecule has 0 aliphatic rings. The Labute approximate surface area is 82.5 Å². The second-order valence-corrected chi connectivity index (χ2v) is 3.39. The summed E-state index contributed by atoms with van der Waals surface area (Å²) in [5.41, 5.74) is 1.15. The average Bonchev–Trinajstić information content (AvgIpc) is 1.98. The summed E-state index contributed by atoms with van der Waals surface area (Å²) in [6, 6.07) is 0. The maximum absolute atomic E-state index is 10.9. The molecule has 0 unspecified atom stereocenters. The Hall–Kier alpha value is -1.46. The van der Waals surface area contributed by atoms with Crippen LogP contribution < -0.4 is 5.48 Å². The molecule has 0 bridgehead atoms. The zero-order valence-corrected chi connectivity index (χ0v) is 8.75. The average molecular weight is 205 g/mol. The van der Waals surface area contributed by atoms with Crippen molar-refractivity contribution in [1.82, 2.24) is 5.48 Å². The number of hydrogen-bond donors (Lipinski definition) is 1. The molecule has 0 aliphatic carbocycles. The molecule has 0 fully saturated rings. The zero-order chi connectivity index (χ0) is 11.2. The smallest absolute Gasteiger partial charge is 0.442 e. The van der Waals surface area contributed by atoms with Gasteiger partial charge in [-0.2, -0.15) is 0 Å². The van der Waals surface area contributed by atoms with Gasteiger partial charge < -0.3 is 14.3 Å². The summed E-state index contributed by atoms with van der Waals surface area (Å²) in [5.74, 6) is 0. The van der Waals surface area contributed by atoms with Gasteiger partial charge >= 0.3 is 12.2 Å². The maximum atomic E-state index is 10.9. The van der Waals surface area contributed by atoms with Crippen LogP contribution in [-0.2, 0) is 14.3 Å². The summed E-state index contributed by atoms with van der Waals surface area (Å²) in [6.07, 6.45) is -1.82. The Morgan fingerprint density at radius 3 is 2.29 bits per heavy atom. The third-order valence-corrected chi connectivity index (χ3v) is 0.879. The van der Waals surface area contributed by atoms with Crippen LogP contribution in [0.1, 0.15) is 27.7 Å². The van der Waals surface area contributed by atoms with E-state index >= 15 is 0 Å². The van der Waals surface area contributed by atoms with Crippen molar-refractivity contribution in [3.63, 3.8) is 0 Å². The van der Waals surface area contributed by atoms with E-state index in [9.17, 15) is 9.59 Å². The molecule has 0 rings (SSSR count). The van der Waals surface area contributed by atoms with Crippen LogP contribution in [-0.4, -0.2) is 24.5 Å². The third-order valence-electron chi connectivity index (χ3n) is 0.879. The lowest BCUT2D eigenvalue weighted by atomic mass is 10.2. The van der Waals surface area contributed by atoms with E-state index in [-0.39, 0.29) is 6.61 Å². The predicted octanol–water partition coefficient (Wildman–Crippen LogP) is 1.60. The number of carbonyl (C=O) groups excluding carboxylic acids is 2. The second-order valence-electron chi connectivity index (χ2n) is 3.39. The van der Waals surface area contributed by atoms with Gasteiger partial charge in [-0.25, -0.2) is 9.59 Å². The SMILES string of the molecule is CCOC(=O)ONC(=O)OC(C)(C)C. The van der Waals surface area contributed by atoms with Gasteiger partial charge in [0.2, 0.25) is 0 Å². The maximum Gasteiger partial charge on any atom is 0.533 e. The van der Waals surface area contributed by atoms with Crippen LogP contribution in [0.5, 0.6) is 0 Å². The zero-order valence-electron chi connectivity index (χ0n) is 8.75. The lowest BCUT2D eigenvalue weighted by molar-refractivity contribution is -0.00883. The molecule has 0 heterocycles. The summed E-state index contributed by atoms with van der Waals surface area (Å²) in [4.78, 5) is 25.7. The molecule has 0 saturated carbocycles. The van der Waals surface area contributed by atoms with Crippen molar-refractivity contribution in [1.29, 1.82) is 0 Å². The Bertz CT molecular complexity index is 208. The first-order valence-corrected chi connectivity index (χ1v) is 4.17. The van der Waals surface area contributed by atoms with Gasteiger partial charge in [0.25, 0.3) is 0 Å². The van der Waals surface area contributed by atoms with E-state index in [0.717, 1.165) is 0 Å². The molecule has 0 aromatic carbocycles. The van der Waals surface area contributed by atoms with Crippen molar-refractivity contribution in [2.75, 3.05) is 6.61 Å². The topological polar surface area (TPSA) is 73.9 Å². The lowest BCUT2D eigenvalue weighted by Gasteiger charge is -2.18. The molecular formula is C8H15NO5. The quantitative estimate of drug-likeness (QED) is 0.520. The summed E-state index contributed by atoms with van der Waals surface area (Å²) in [6.45, 7) is 6.87. The molecule has 1 amide bonds. The molecule has 0 radical (unpaired) electrons. The van der Waals surface area contributed by atoms with E-state index < -0.39 is 17.8 Å². The number of nitrogens with one attached hydrogen (secondary N) is 1. The van der Waals surface area contributed by atoms with Gasteiger partial charge in [-0.15, -0.1) is 5.48 Å². The molecule has 0 atom stereocenters. The van der Waals surface area contributed by atoms with Crippen molar-refractivity contribution < 1.29 is 23.9 Å². The number of hydroxylamine groups is 1. The Morgan fingerprint density at radius 2 is 1.86 bits per heavy atom. The van der Waals surface area contributed by atoms with Crippen LogP contribution in [0, 0.1) is 0 Å². The third kappa shape index (κ3) is 7.20. The van der Waals surface area contributed by atoms with Crippen LogP contribution in [0.4, 0.5) is 9.59 Å². The highest BCUT2D eigenvalue weighted by Gasteiger charge is 2.17. The van der Waals surface area contributed by atoms with Gasteiger partial charge in [0, 0.05) is 0 Å². The van der Waals surface area contributed by atoms with Gasteiger partial charge in [0.1, 0.15) is 5.60 Å². The van der Waals surface area contributed by atoms with Crippen molar-refractivity contribution in [3.8, 4) is 0 Å². The number of rotatable bonds is 1. The van der Waals surface area contributed by atoms with Gasteiger partial charge in [0.15, 0.2) is 0 Å². The Balaban J connectivity index is 3.70. The van der Waals surface area contributed by atoms with Crippen LogP contribution >= 0.6 is 0 Å². The lowest BCUT2D eigenvalue weighted by Crippen LogP contribution is -2.34. The van der Waals surface area contributed by atoms with Crippen molar-refractivity contribution in [2.45, 2.75) is 33.3 Å². The second kappa shape index (κ2) is 5.31.